The molecule has 13 unspecified atom stereocenters. The highest BCUT2D eigenvalue weighted by Gasteiger charge is 2.92. The summed E-state index contributed by atoms with van der Waals surface area (Å²) in [5.41, 5.74) is -10.8. The number of nitrogens with zero attached hydrogens (tertiary/aromatic N) is 2. The van der Waals surface area contributed by atoms with Gasteiger partial charge in [-0.15, -0.1) is 0 Å². The second kappa shape index (κ2) is 18.1. The lowest BCUT2D eigenvalue weighted by Gasteiger charge is -2.67. The summed E-state index contributed by atoms with van der Waals surface area (Å²) in [6, 6.07) is 13.2. The summed E-state index contributed by atoms with van der Waals surface area (Å²) in [7, 11) is 0. The number of carbonyl (C=O) groups excluding carboxylic acids is 8. The molecule has 2 aromatic heterocycles. The van der Waals surface area contributed by atoms with E-state index >= 15 is 0 Å². The van der Waals surface area contributed by atoms with E-state index in [0.717, 1.165) is 40.8 Å². The third kappa shape index (κ3) is 8.15. The first kappa shape index (κ1) is 48.1. The van der Waals surface area contributed by atoms with Gasteiger partial charge >= 0.3 is 47.8 Å². The second-order valence-corrected chi connectivity index (χ2v) is 17.5. The van der Waals surface area contributed by atoms with Crippen LogP contribution < -0.4 is 0 Å². The molecule has 1 spiro atoms. The number of carbonyl (C=O) groups is 8. The first-order valence-corrected chi connectivity index (χ1v) is 21.4. The molecular weight excluding hydrogens is 881 g/mol. The van der Waals surface area contributed by atoms with Gasteiger partial charge in [0, 0.05) is 52.2 Å². The summed E-state index contributed by atoms with van der Waals surface area (Å²) in [6.45, 7) is 7.58. The van der Waals surface area contributed by atoms with Gasteiger partial charge in [0.15, 0.2) is 30.0 Å². The number of fused-ring (bicyclic) bond motifs is 5. The highest BCUT2D eigenvalue weighted by atomic mass is 16.7. The maximum Gasteiger partial charge on any atom is 0.340 e. The molecule has 356 valence electrons. The highest BCUT2D eigenvalue weighted by Crippen LogP contribution is 2.70. The molecule has 1 aromatic carbocycles. The zero-order valence-corrected chi connectivity index (χ0v) is 37.8. The van der Waals surface area contributed by atoms with E-state index < -0.39 is 138 Å². The molecule has 4 bridgehead atoms. The van der Waals surface area contributed by atoms with E-state index in [9.17, 15) is 43.5 Å². The van der Waals surface area contributed by atoms with Gasteiger partial charge in [-0.3, -0.25) is 33.9 Å². The van der Waals surface area contributed by atoms with Crippen molar-refractivity contribution in [1.29, 1.82) is 0 Å². The van der Waals surface area contributed by atoms with Crippen LogP contribution in [-0.4, -0.2) is 129 Å². The third-order valence-corrected chi connectivity index (χ3v) is 13.2. The molecule has 4 aliphatic rings. The average molecular weight is 931 g/mol. The largest absolute Gasteiger partial charge is 0.465 e. The smallest absolute Gasteiger partial charge is 0.340 e. The normalized spacial score (nSPS) is 34.1. The Morgan fingerprint density at radius 1 is 0.716 bits per heavy atom. The first-order chi connectivity index (χ1) is 31.6. The van der Waals surface area contributed by atoms with E-state index in [1.54, 1.807) is 13.0 Å². The Labute approximate surface area is 383 Å². The van der Waals surface area contributed by atoms with E-state index in [-0.39, 0.29) is 22.4 Å². The van der Waals surface area contributed by atoms with Crippen molar-refractivity contribution >= 4 is 47.8 Å². The molecule has 20 heteroatoms. The van der Waals surface area contributed by atoms with Crippen LogP contribution in [0.15, 0.2) is 73.2 Å². The van der Waals surface area contributed by atoms with Crippen LogP contribution in [0.3, 0.4) is 0 Å². The lowest BCUT2D eigenvalue weighted by molar-refractivity contribution is -0.385. The number of hydrogen-bond donors (Lipinski definition) is 1. The molecule has 0 amide bonds. The fraction of sp³-hybridized carbons (Fsp3) is 0.489. The van der Waals surface area contributed by atoms with Crippen LogP contribution in [0, 0.1) is 17.3 Å². The van der Waals surface area contributed by atoms with Crippen molar-refractivity contribution in [3.05, 3.63) is 95.6 Å². The Morgan fingerprint density at radius 3 is 1.94 bits per heavy atom. The summed E-state index contributed by atoms with van der Waals surface area (Å²) in [6.07, 6.45) is -8.69. The van der Waals surface area contributed by atoms with E-state index in [0.29, 0.717) is 0 Å². The predicted molar refractivity (Wildman–Crippen MR) is 223 cm³/mol. The van der Waals surface area contributed by atoms with E-state index in [4.69, 9.17) is 42.6 Å². The molecule has 2 aliphatic heterocycles. The Morgan fingerprint density at radius 2 is 1.33 bits per heavy atom. The van der Waals surface area contributed by atoms with Crippen molar-refractivity contribution in [3.8, 4) is 0 Å². The van der Waals surface area contributed by atoms with Crippen molar-refractivity contribution in [2.24, 2.45) is 17.3 Å². The van der Waals surface area contributed by atoms with Crippen LogP contribution in [-0.2, 0) is 66.6 Å². The van der Waals surface area contributed by atoms with Gasteiger partial charge in [0.2, 0.25) is 0 Å². The molecular formula is C47H50N2O18. The minimum atomic E-state index is -2.94. The maximum absolute atomic E-state index is 14.8. The van der Waals surface area contributed by atoms with Gasteiger partial charge < -0.3 is 47.7 Å². The number of benzene rings is 1. The number of ether oxygens (including phenoxy) is 9. The number of rotatable bonds is 9. The van der Waals surface area contributed by atoms with Gasteiger partial charge in [0.1, 0.15) is 42.0 Å². The number of aromatic nitrogens is 2. The number of pyridine rings is 2. The van der Waals surface area contributed by atoms with Gasteiger partial charge in [-0.1, -0.05) is 32.0 Å². The standard InChI is InChI=1S/C47H50N2O18/c1-23-24(2)40(54)66-37-35(64-42(56)30-16-12-18-48-20-30)39(63-28(6)53)46(22-59-25(3)50)38(62-27(5)52)34(61-26(4)51)32-36(65-41(55)29-14-10-9-11-15-29)47(46,45(37,8)58)67-44(32,7)21-60-43(57)31-17-13-19-49-33(23)31/h9-20,23-24,32,34-39,58H,21-22H2,1-8H3. The summed E-state index contributed by atoms with van der Waals surface area (Å²) in [5, 5.41) is 13.9. The Hall–Kier alpha value is -6.80. The van der Waals surface area contributed by atoms with E-state index in [1.165, 1.54) is 74.8 Å². The van der Waals surface area contributed by atoms with E-state index in [1.807, 2.05) is 0 Å². The molecule has 2 saturated carbocycles. The second-order valence-electron chi connectivity index (χ2n) is 17.5. The summed E-state index contributed by atoms with van der Waals surface area (Å²) in [5.74, 6) is -12.2. The topological polar surface area (TPSA) is 266 Å². The van der Waals surface area contributed by atoms with Crippen LogP contribution in [0.25, 0.3) is 0 Å². The predicted octanol–water partition coefficient (Wildman–Crippen LogP) is 3.02. The summed E-state index contributed by atoms with van der Waals surface area (Å²) < 4.78 is 56.4. The molecule has 1 N–H and O–H groups in total. The SMILES string of the molecule is CC(=O)OCC12C(OC(C)=O)C(OC(C)=O)C3C(OC(=O)c4ccccc4)C14OC3(C)COC(=O)c1cccnc1C(C)C(C)C(=O)OC(C(OC(=O)c1cccnc1)C2OC(C)=O)C4(C)O. The molecule has 13 atom stereocenters. The molecule has 7 rings (SSSR count). The van der Waals surface area contributed by atoms with Crippen LogP contribution in [0.2, 0.25) is 0 Å². The van der Waals surface area contributed by atoms with Crippen molar-refractivity contribution in [2.75, 3.05) is 13.2 Å². The van der Waals surface area contributed by atoms with Crippen LogP contribution in [0.5, 0.6) is 0 Å². The molecule has 3 fully saturated rings. The number of cyclic esters (lactones) is 1. The van der Waals surface area contributed by atoms with Crippen LogP contribution >= 0.6 is 0 Å². The minimum Gasteiger partial charge on any atom is -0.465 e. The van der Waals surface area contributed by atoms with Gasteiger partial charge in [-0.05, 0) is 50.2 Å². The Bertz CT molecular complexity index is 2460. The molecule has 67 heavy (non-hydrogen) atoms. The van der Waals surface area contributed by atoms with Gasteiger partial charge in [0.25, 0.3) is 0 Å². The minimum absolute atomic E-state index is 0.0424. The summed E-state index contributed by atoms with van der Waals surface area (Å²) >= 11 is 0. The molecule has 4 heterocycles. The number of esters is 8. The summed E-state index contributed by atoms with van der Waals surface area (Å²) in [4.78, 5) is 120. The van der Waals surface area contributed by atoms with Crippen molar-refractivity contribution in [1.82, 2.24) is 9.97 Å². The third-order valence-electron chi connectivity index (χ3n) is 13.2. The molecule has 2 aliphatic carbocycles. The number of aliphatic hydroxyl groups is 1. The van der Waals surface area contributed by atoms with Crippen molar-refractivity contribution in [3.63, 3.8) is 0 Å². The monoisotopic (exact) mass is 930 g/mol. The lowest BCUT2D eigenvalue weighted by Crippen LogP contribution is -2.89. The van der Waals surface area contributed by atoms with Gasteiger partial charge in [-0.2, -0.15) is 0 Å². The fourth-order valence-electron chi connectivity index (χ4n) is 10.3. The van der Waals surface area contributed by atoms with Crippen molar-refractivity contribution < 1.29 is 86.1 Å². The quantitative estimate of drug-likeness (QED) is 0.239. The number of hydrogen-bond acceptors (Lipinski definition) is 20. The van der Waals surface area contributed by atoms with E-state index in [2.05, 4.69) is 9.97 Å². The maximum atomic E-state index is 14.8. The Balaban J connectivity index is 1.64. The zero-order valence-electron chi connectivity index (χ0n) is 37.8. The molecule has 20 nitrogen and oxygen atoms in total. The Kier molecular flexibility index (Phi) is 13.0. The first-order valence-electron chi connectivity index (χ1n) is 21.4. The van der Waals surface area contributed by atoms with Gasteiger partial charge in [0.05, 0.1) is 34.2 Å². The van der Waals surface area contributed by atoms with Crippen molar-refractivity contribution in [2.45, 2.75) is 115 Å². The molecule has 0 radical (unpaired) electrons. The highest BCUT2D eigenvalue weighted by molar-refractivity contribution is 5.92. The van der Waals surface area contributed by atoms with Crippen LogP contribution in [0.1, 0.15) is 98.1 Å². The van der Waals surface area contributed by atoms with Gasteiger partial charge in [-0.25, -0.2) is 14.4 Å². The molecule has 3 aromatic rings. The lowest BCUT2D eigenvalue weighted by atomic mass is 9.45. The average Bonchev–Trinajstić information content (AvgIpc) is 3.51. The zero-order chi connectivity index (χ0) is 48.8. The fourth-order valence-corrected chi connectivity index (χ4v) is 10.3. The molecule has 1 saturated heterocycles. The van der Waals surface area contributed by atoms with Crippen LogP contribution in [0.4, 0.5) is 0 Å².